The van der Waals surface area contributed by atoms with E-state index in [1.165, 1.54) is 0 Å². The largest absolute Gasteiger partial charge is 0.495 e. The van der Waals surface area contributed by atoms with Gasteiger partial charge in [0.2, 0.25) is 5.91 Å². The molecule has 0 heterocycles. The zero-order valence-corrected chi connectivity index (χ0v) is 12.8. The molecule has 20 heavy (non-hydrogen) atoms. The number of hydrogen-bond donors (Lipinski definition) is 2. The van der Waals surface area contributed by atoms with Gasteiger partial charge in [-0.25, -0.2) is 0 Å². The van der Waals surface area contributed by atoms with E-state index in [4.69, 9.17) is 10.5 Å². The van der Waals surface area contributed by atoms with Crippen LogP contribution in [-0.4, -0.2) is 37.0 Å². The number of methoxy groups -OCH3 is 1. The fraction of sp³-hybridized carbons (Fsp3) is 0.533. The van der Waals surface area contributed by atoms with Crippen LogP contribution < -0.4 is 15.8 Å². The average molecular weight is 279 g/mol. The Morgan fingerprint density at radius 3 is 2.70 bits per heavy atom. The van der Waals surface area contributed by atoms with Gasteiger partial charge in [-0.15, -0.1) is 0 Å². The van der Waals surface area contributed by atoms with E-state index in [1.807, 2.05) is 0 Å². The fourth-order valence-electron chi connectivity index (χ4n) is 2.03. The van der Waals surface area contributed by atoms with Gasteiger partial charge in [0.15, 0.2) is 0 Å². The van der Waals surface area contributed by atoms with Crippen LogP contribution in [0.25, 0.3) is 0 Å². The molecule has 112 valence electrons. The lowest BCUT2D eigenvalue weighted by Crippen LogP contribution is -2.39. The minimum Gasteiger partial charge on any atom is -0.495 e. The van der Waals surface area contributed by atoms with Gasteiger partial charge < -0.3 is 15.8 Å². The van der Waals surface area contributed by atoms with E-state index in [0.717, 1.165) is 13.0 Å². The maximum absolute atomic E-state index is 12.1. The minimum atomic E-state index is -0.0592. The highest BCUT2D eigenvalue weighted by molar-refractivity contribution is 5.94. The minimum absolute atomic E-state index is 0.0592. The first kappa shape index (κ1) is 16.3. The molecule has 0 aliphatic carbocycles. The molecule has 5 heteroatoms. The Balaban J connectivity index is 2.73. The number of nitrogens with zero attached hydrogens (tertiary/aromatic N) is 1. The van der Waals surface area contributed by atoms with Gasteiger partial charge in [-0.05, 0) is 38.1 Å². The normalized spacial score (nSPS) is 12.2. The topological polar surface area (TPSA) is 67.6 Å². The zero-order chi connectivity index (χ0) is 15.1. The van der Waals surface area contributed by atoms with Gasteiger partial charge >= 0.3 is 0 Å². The second-order valence-electron chi connectivity index (χ2n) is 4.83. The van der Waals surface area contributed by atoms with Crippen molar-refractivity contribution in [3.63, 3.8) is 0 Å². The van der Waals surface area contributed by atoms with Crippen molar-refractivity contribution in [2.45, 2.75) is 33.2 Å². The van der Waals surface area contributed by atoms with E-state index < -0.39 is 0 Å². The van der Waals surface area contributed by atoms with Crippen LogP contribution in [0, 0.1) is 0 Å². The summed E-state index contributed by atoms with van der Waals surface area (Å²) < 4.78 is 5.22. The van der Waals surface area contributed by atoms with Gasteiger partial charge in [0.1, 0.15) is 5.75 Å². The van der Waals surface area contributed by atoms with Gasteiger partial charge in [-0.2, -0.15) is 0 Å². The molecule has 1 atom stereocenters. The summed E-state index contributed by atoms with van der Waals surface area (Å²) >= 11 is 0. The van der Waals surface area contributed by atoms with E-state index in [-0.39, 0.29) is 5.91 Å². The summed E-state index contributed by atoms with van der Waals surface area (Å²) in [4.78, 5) is 14.3. The molecule has 0 aliphatic rings. The Morgan fingerprint density at radius 2 is 2.15 bits per heavy atom. The lowest BCUT2D eigenvalue weighted by Gasteiger charge is -2.26. The molecule has 0 bridgehead atoms. The smallest absolute Gasteiger partial charge is 0.238 e. The Kier molecular flexibility index (Phi) is 6.31. The van der Waals surface area contributed by atoms with Crippen LogP contribution in [0.3, 0.4) is 0 Å². The molecule has 1 unspecified atom stereocenters. The summed E-state index contributed by atoms with van der Waals surface area (Å²) in [5.74, 6) is 0.551. The predicted octanol–water partition coefficient (Wildman–Crippen LogP) is 2.34. The zero-order valence-electron chi connectivity index (χ0n) is 12.8. The van der Waals surface area contributed by atoms with Crippen LogP contribution in [0.4, 0.5) is 11.4 Å². The van der Waals surface area contributed by atoms with Crippen molar-refractivity contribution in [2.75, 3.05) is 31.2 Å². The van der Waals surface area contributed by atoms with Gasteiger partial charge in [0, 0.05) is 11.7 Å². The van der Waals surface area contributed by atoms with E-state index in [1.54, 1.807) is 25.3 Å². The summed E-state index contributed by atoms with van der Waals surface area (Å²) in [6.45, 7) is 7.50. The molecule has 1 aromatic carbocycles. The third-order valence-electron chi connectivity index (χ3n) is 3.46. The van der Waals surface area contributed by atoms with Gasteiger partial charge in [0.05, 0.1) is 19.3 Å². The van der Waals surface area contributed by atoms with Crippen LogP contribution in [0.5, 0.6) is 5.75 Å². The summed E-state index contributed by atoms with van der Waals surface area (Å²) in [6, 6.07) is 5.58. The number of anilines is 2. The molecule has 0 aromatic heterocycles. The number of carbonyl (C=O) groups is 1. The molecule has 0 radical (unpaired) electrons. The molecule has 0 aliphatic heterocycles. The van der Waals surface area contributed by atoms with Crippen LogP contribution >= 0.6 is 0 Å². The van der Waals surface area contributed by atoms with Gasteiger partial charge in [-0.3, -0.25) is 9.69 Å². The maximum atomic E-state index is 12.1. The molecule has 0 saturated carbocycles. The quantitative estimate of drug-likeness (QED) is 0.752. The van der Waals surface area contributed by atoms with Crippen molar-refractivity contribution in [2.24, 2.45) is 0 Å². The first-order valence-corrected chi connectivity index (χ1v) is 6.99. The molecular formula is C15H25N3O2. The summed E-state index contributed by atoms with van der Waals surface area (Å²) in [6.07, 6.45) is 1.02. The first-order chi connectivity index (χ1) is 9.51. The number of nitrogens with two attached hydrogens (primary N) is 1. The third kappa shape index (κ3) is 4.42. The van der Waals surface area contributed by atoms with E-state index in [0.29, 0.717) is 29.7 Å². The second kappa shape index (κ2) is 7.75. The number of benzene rings is 1. The van der Waals surface area contributed by atoms with Crippen LogP contribution in [0.2, 0.25) is 0 Å². The molecule has 1 rings (SSSR count). The monoisotopic (exact) mass is 279 g/mol. The SMILES string of the molecule is CCC(C)N(CC)CC(=O)Nc1cc(N)ccc1OC. The predicted molar refractivity (Wildman–Crippen MR) is 83.0 cm³/mol. The number of amides is 1. The van der Waals surface area contributed by atoms with Crippen molar-refractivity contribution >= 4 is 17.3 Å². The number of hydrogen-bond acceptors (Lipinski definition) is 4. The lowest BCUT2D eigenvalue weighted by molar-refractivity contribution is -0.117. The molecule has 0 fully saturated rings. The highest BCUT2D eigenvalue weighted by Crippen LogP contribution is 2.26. The van der Waals surface area contributed by atoms with Crippen molar-refractivity contribution in [3.05, 3.63) is 18.2 Å². The number of nitrogens with one attached hydrogen (secondary N) is 1. The van der Waals surface area contributed by atoms with Crippen LogP contribution in [0.15, 0.2) is 18.2 Å². The third-order valence-corrected chi connectivity index (χ3v) is 3.46. The molecule has 5 nitrogen and oxygen atoms in total. The molecule has 0 saturated heterocycles. The molecular weight excluding hydrogens is 254 g/mol. The number of ether oxygens (including phenoxy) is 1. The maximum Gasteiger partial charge on any atom is 0.238 e. The Labute approximate surface area is 121 Å². The summed E-state index contributed by atoms with van der Waals surface area (Å²) in [7, 11) is 1.57. The Morgan fingerprint density at radius 1 is 1.45 bits per heavy atom. The summed E-state index contributed by atoms with van der Waals surface area (Å²) in [5, 5.41) is 2.86. The highest BCUT2D eigenvalue weighted by Gasteiger charge is 2.15. The standard InChI is InChI=1S/C15H25N3O2/c1-5-11(3)18(6-2)10-15(19)17-13-9-12(16)7-8-14(13)20-4/h7-9,11H,5-6,10,16H2,1-4H3,(H,17,19). The lowest BCUT2D eigenvalue weighted by atomic mass is 10.2. The van der Waals surface area contributed by atoms with Crippen LogP contribution in [0.1, 0.15) is 27.2 Å². The molecule has 0 spiro atoms. The van der Waals surface area contributed by atoms with E-state index in [2.05, 4.69) is 31.0 Å². The van der Waals surface area contributed by atoms with E-state index >= 15 is 0 Å². The number of nitrogen functional groups attached to an aromatic ring is 1. The van der Waals surface area contributed by atoms with Crippen LogP contribution in [-0.2, 0) is 4.79 Å². The second-order valence-corrected chi connectivity index (χ2v) is 4.83. The molecule has 1 amide bonds. The molecule has 1 aromatic rings. The summed E-state index contributed by atoms with van der Waals surface area (Å²) in [5.41, 5.74) is 6.94. The number of likely N-dealkylation sites (N-methyl/N-ethyl adjacent to an activating group) is 1. The Hall–Kier alpha value is -1.75. The van der Waals surface area contributed by atoms with E-state index in [9.17, 15) is 4.79 Å². The molecule has 3 N–H and O–H groups in total. The van der Waals surface area contributed by atoms with Crippen molar-refractivity contribution in [3.8, 4) is 5.75 Å². The van der Waals surface area contributed by atoms with Gasteiger partial charge in [0.25, 0.3) is 0 Å². The van der Waals surface area contributed by atoms with Gasteiger partial charge in [-0.1, -0.05) is 13.8 Å². The first-order valence-electron chi connectivity index (χ1n) is 6.99. The number of carbonyl (C=O) groups excluding carboxylic acids is 1. The number of rotatable bonds is 7. The highest BCUT2D eigenvalue weighted by atomic mass is 16.5. The average Bonchev–Trinajstić information content (AvgIpc) is 2.44. The van der Waals surface area contributed by atoms with Crippen molar-refractivity contribution < 1.29 is 9.53 Å². The van der Waals surface area contributed by atoms with Crippen molar-refractivity contribution in [1.29, 1.82) is 0 Å². The van der Waals surface area contributed by atoms with Crippen molar-refractivity contribution in [1.82, 2.24) is 4.90 Å². The Bertz CT molecular complexity index is 449. The fourth-order valence-corrected chi connectivity index (χ4v) is 2.03.